The molecule has 53 heavy (non-hydrogen) atoms. The minimum absolute atomic E-state index is 1.10. The maximum Gasteiger partial charge on any atom is 0.0467 e. The van der Waals surface area contributed by atoms with Gasteiger partial charge < -0.3 is 4.90 Å². The highest BCUT2D eigenvalue weighted by Gasteiger charge is 2.17. The average molecular weight is 674 g/mol. The van der Waals surface area contributed by atoms with Crippen molar-refractivity contribution in [2.24, 2.45) is 0 Å². The van der Waals surface area contributed by atoms with E-state index in [0.717, 1.165) is 17.1 Å². The smallest absolute Gasteiger partial charge is 0.0467 e. The molecular formula is C52H35N. The Morgan fingerprint density at radius 2 is 0.774 bits per heavy atom. The molecule has 10 aromatic carbocycles. The van der Waals surface area contributed by atoms with Crippen LogP contribution in [0.4, 0.5) is 17.1 Å². The molecule has 0 N–H and O–H groups in total. The summed E-state index contributed by atoms with van der Waals surface area (Å²) in [5, 5.41) is 10.1. The Hall–Kier alpha value is -6.96. The Labute approximate surface area is 309 Å². The molecular weight excluding hydrogens is 639 g/mol. The second kappa shape index (κ2) is 13.0. The molecule has 0 amide bonds. The van der Waals surface area contributed by atoms with E-state index in [1.807, 2.05) is 0 Å². The van der Waals surface area contributed by atoms with Crippen LogP contribution in [0, 0.1) is 0 Å². The van der Waals surface area contributed by atoms with Crippen molar-refractivity contribution in [1.82, 2.24) is 0 Å². The molecule has 0 fully saturated rings. The predicted octanol–water partition coefficient (Wildman–Crippen LogP) is 14.8. The van der Waals surface area contributed by atoms with Crippen molar-refractivity contribution >= 4 is 60.2 Å². The van der Waals surface area contributed by atoms with Crippen molar-refractivity contribution in [3.63, 3.8) is 0 Å². The van der Waals surface area contributed by atoms with Crippen LogP contribution in [-0.4, -0.2) is 0 Å². The fraction of sp³-hybridized carbons (Fsp3) is 0. The lowest BCUT2D eigenvalue weighted by Crippen LogP contribution is -2.10. The molecule has 0 saturated carbocycles. The van der Waals surface area contributed by atoms with Gasteiger partial charge >= 0.3 is 0 Å². The van der Waals surface area contributed by atoms with Crippen LogP contribution in [0.5, 0.6) is 0 Å². The zero-order valence-corrected chi connectivity index (χ0v) is 29.2. The molecule has 10 rings (SSSR count). The lowest BCUT2D eigenvalue weighted by molar-refractivity contribution is 1.28. The number of nitrogens with zero attached hydrogens (tertiary/aromatic N) is 1. The normalized spacial score (nSPS) is 11.4. The molecule has 0 aromatic heterocycles. The van der Waals surface area contributed by atoms with E-state index < -0.39 is 0 Å². The van der Waals surface area contributed by atoms with Crippen molar-refractivity contribution in [1.29, 1.82) is 0 Å². The maximum atomic E-state index is 2.40. The highest BCUT2D eigenvalue weighted by atomic mass is 15.1. The van der Waals surface area contributed by atoms with Crippen LogP contribution >= 0.6 is 0 Å². The van der Waals surface area contributed by atoms with Gasteiger partial charge in [-0.1, -0.05) is 170 Å². The third-order valence-electron chi connectivity index (χ3n) is 10.6. The fourth-order valence-electron chi connectivity index (χ4n) is 8.08. The quantitative estimate of drug-likeness (QED) is 0.159. The van der Waals surface area contributed by atoms with Gasteiger partial charge in [0.05, 0.1) is 0 Å². The minimum atomic E-state index is 1.10. The average Bonchev–Trinajstić information content (AvgIpc) is 3.24. The molecule has 1 heteroatoms. The van der Waals surface area contributed by atoms with Gasteiger partial charge in [0, 0.05) is 17.1 Å². The first-order chi connectivity index (χ1) is 26.3. The summed E-state index contributed by atoms with van der Waals surface area (Å²) >= 11 is 0. The molecule has 1 nitrogen and oxygen atoms in total. The van der Waals surface area contributed by atoms with Crippen molar-refractivity contribution in [2.45, 2.75) is 0 Å². The Bertz CT molecular complexity index is 2940. The zero-order chi connectivity index (χ0) is 35.1. The largest absolute Gasteiger partial charge is 0.310 e. The first kappa shape index (κ1) is 30.8. The van der Waals surface area contributed by atoms with E-state index in [-0.39, 0.29) is 0 Å². The van der Waals surface area contributed by atoms with Gasteiger partial charge in [0.15, 0.2) is 0 Å². The van der Waals surface area contributed by atoms with E-state index in [2.05, 4.69) is 217 Å². The summed E-state index contributed by atoms with van der Waals surface area (Å²) in [6.45, 7) is 0. The summed E-state index contributed by atoms with van der Waals surface area (Å²) < 4.78 is 0. The summed E-state index contributed by atoms with van der Waals surface area (Å²) in [5.74, 6) is 0. The van der Waals surface area contributed by atoms with Crippen LogP contribution in [0.3, 0.4) is 0 Å². The number of rotatable bonds is 6. The fourth-order valence-corrected chi connectivity index (χ4v) is 8.08. The van der Waals surface area contributed by atoms with Gasteiger partial charge in [-0.05, 0) is 119 Å². The Morgan fingerprint density at radius 3 is 1.55 bits per heavy atom. The number of fused-ring (bicyclic) bond motifs is 6. The molecule has 0 aliphatic heterocycles. The van der Waals surface area contributed by atoms with E-state index in [0.29, 0.717) is 0 Å². The molecule has 248 valence electrons. The van der Waals surface area contributed by atoms with Crippen molar-refractivity contribution in [2.75, 3.05) is 4.90 Å². The van der Waals surface area contributed by atoms with Gasteiger partial charge in [-0.25, -0.2) is 0 Å². The van der Waals surface area contributed by atoms with Crippen LogP contribution in [0.2, 0.25) is 0 Å². The molecule has 0 saturated heterocycles. The van der Waals surface area contributed by atoms with E-state index in [1.165, 1.54) is 76.5 Å². The Morgan fingerprint density at radius 1 is 0.226 bits per heavy atom. The van der Waals surface area contributed by atoms with E-state index in [4.69, 9.17) is 0 Å². The number of hydrogen-bond acceptors (Lipinski definition) is 1. The molecule has 0 aliphatic rings. The summed E-state index contributed by atoms with van der Waals surface area (Å²) in [5.41, 5.74) is 10.6. The molecule has 0 aliphatic carbocycles. The molecule has 0 heterocycles. The molecule has 0 unspecified atom stereocenters. The van der Waals surface area contributed by atoms with Crippen molar-refractivity contribution in [3.8, 4) is 33.4 Å². The topological polar surface area (TPSA) is 3.24 Å². The van der Waals surface area contributed by atoms with Crippen molar-refractivity contribution in [3.05, 3.63) is 212 Å². The zero-order valence-electron chi connectivity index (χ0n) is 29.2. The lowest BCUT2D eigenvalue weighted by Gasteiger charge is -2.27. The minimum Gasteiger partial charge on any atom is -0.310 e. The Balaban J connectivity index is 1.15. The second-order valence-corrected chi connectivity index (χ2v) is 13.7. The van der Waals surface area contributed by atoms with E-state index in [1.54, 1.807) is 0 Å². The maximum absolute atomic E-state index is 2.40. The number of hydrogen-bond donors (Lipinski definition) is 0. The van der Waals surface area contributed by atoms with Gasteiger partial charge in [0.2, 0.25) is 0 Å². The SMILES string of the molecule is c1ccc(-c2cccc(N(c3ccc(-c4cccc5ccccc45)cc3)c3cccc(-c4cc5c6ccccc6ccc5c5ccccc45)c3)c2)cc1. The Kier molecular flexibility index (Phi) is 7.55. The van der Waals surface area contributed by atoms with Crippen LogP contribution in [0.1, 0.15) is 0 Å². The molecule has 0 atom stereocenters. The van der Waals surface area contributed by atoms with E-state index in [9.17, 15) is 0 Å². The van der Waals surface area contributed by atoms with Gasteiger partial charge in [0.25, 0.3) is 0 Å². The summed E-state index contributed by atoms with van der Waals surface area (Å²) in [6, 6.07) is 77.3. The highest BCUT2D eigenvalue weighted by Crippen LogP contribution is 2.42. The van der Waals surface area contributed by atoms with E-state index >= 15 is 0 Å². The number of anilines is 3. The summed E-state index contributed by atoms with van der Waals surface area (Å²) in [6.07, 6.45) is 0. The first-order valence-corrected chi connectivity index (χ1v) is 18.3. The van der Waals surface area contributed by atoms with Crippen LogP contribution in [-0.2, 0) is 0 Å². The second-order valence-electron chi connectivity index (χ2n) is 13.7. The summed E-state index contributed by atoms with van der Waals surface area (Å²) in [7, 11) is 0. The van der Waals surface area contributed by atoms with Gasteiger partial charge in [-0.15, -0.1) is 0 Å². The lowest BCUT2D eigenvalue weighted by atomic mass is 9.91. The van der Waals surface area contributed by atoms with Crippen LogP contribution in [0.15, 0.2) is 212 Å². The van der Waals surface area contributed by atoms with Gasteiger partial charge in [-0.2, -0.15) is 0 Å². The molecule has 0 radical (unpaired) electrons. The molecule has 10 aromatic rings. The summed E-state index contributed by atoms with van der Waals surface area (Å²) in [4.78, 5) is 2.39. The van der Waals surface area contributed by atoms with Gasteiger partial charge in [0.1, 0.15) is 0 Å². The third kappa shape index (κ3) is 5.51. The monoisotopic (exact) mass is 673 g/mol. The van der Waals surface area contributed by atoms with Crippen molar-refractivity contribution < 1.29 is 0 Å². The highest BCUT2D eigenvalue weighted by molar-refractivity contribution is 6.21. The van der Waals surface area contributed by atoms with Crippen LogP contribution < -0.4 is 4.90 Å². The third-order valence-corrected chi connectivity index (χ3v) is 10.6. The standard InChI is InChI=1S/C52H35N/c1-2-13-36(14-3-1)40-18-10-20-43(33-40)53(42-30-27-39(28-31-42)46-26-12-17-37-15-4-6-22-45(37)46)44-21-11-19-41(34-44)51-35-52-47-23-7-5-16-38(47)29-32-50(52)48-24-8-9-25-49(48)51/h1-35H. The molecule has 0 bridgehead atoms. The van der Waals surface area contributed by atoms with Crippen LogP contribution in [0.25, 0.3) is 76.5 Å². The first-order valence-electron chi connectivity index (χ1n) is 18.3. The number of benzene rings is 10. The molecule has 0 spiro atoms. The van der Waals surface area contributed by atoms with Gasteiger partial charge in [-0.3, -0.25) is 0 Å². The predicted molar refractivity (Wildman–Crippen MR) is 227 cm³/mol.